The second kappa shape index (κ2) is 4.38. The van der Waals surface area contributed by atoms with Crippen LogP contribution in [0.4, 0.5) is 0 Å². The van der Waals surface area contributed by atoms with Gasteiger partial charge in [-0.05, 0) is 38.9 Å². The van der Waals surface area contributed by atoms with E-state index in [9.17, 15) is 4.57 Å². The van der Waals surface area contributed by atoms with Crippen LogP contribution in [0.15, 0.2) is 0 Å². The van der Waals surface area contributed by atoms with Crippen molar-refractivity contribution in [3.8, 4) is 0 Å². The van der Waals surface area contributed by atoms with Crippen LogP contribution >= 0.6 is 7.60 Å². The largest absolute Gasteiger partial charge is 0.325 e. The molecule has 1 rings (SSSR count). The van der Waals surface area contributed by atoms with Gasteiger partial charge < -0.3 is 14.7 Å². The lowest BCUT2D eigenvalue weighted by Crippen LogP contribution is -2.21. The first-order valence-corrected chi connectivity index (χ1v) is 6.15. The molecule has 0 aliphatic carbocycles. The van der Waals surface area contributed by atoms with Gasteiger partial charge in [0.1, 0.15) is 0 Å². The van der Waals surface area contributed by atoms with Gasteiger partial charge in [-0.2, -0.15) is 0 Å². The summed E-state index contributed by atoms with van der Waals surface area (Å²) >= 11 is 0. The fraction of sp³-hybridized carbons (Fsp3) is 1.00. The Morgan fingerprint density at radius 3 is 2.33 bits per heavy atom. The maximum absolute atomic E-state index is 10.5. The van der Waals surface area contributed by atoms with Gasteiger partial charge in [-0.25, -0.2) is 0 Å². The van der Waals surface area contributed by atoms with E-state index in [0.29, 0.717) is 6.42 Å². The maximum Gasteiger partial charge on any atom is 0.325 e. The van der Waals surface area contributed by atoms with Crippen LogP contribution in [-0.4, -0.2) is 40.5 Å². The van der Waals surface area contributed by atoms with Crippen molar-refractivity contribution in [2.45, 2.75) is 19.3 Å². The quantitative estimate of drug-likeness (QED) is 0.643. The van der Waals surface area contributed by atoms with Gasteiger partial charge in [0, 0.05) is 0 Å². The van der Waals surface area contributed by atoms with Crippen LogP contribution in [0.25, 0.3) is 0 Å². The highest BCUT2D eigenvalue weighted by atomic mass is 31.2. The molecule has 0 aromatic carbocycles. The third-order valence-corrected chi connectivity index (χ3v) is 3.02. The Bertz CT molecular complexity index is 173. The first kappa shape index (κ1) is 10.2. The highest BCUT2D eigenvalue weighted by Gasteiger charge is 2.15. The Labute approximate surface area is 72.7 Å². The minimum Gasteiger partial charge on any atom is -0.324 e. The second-order valence-corrected chi connectivity index (χ2v) is 5.07. The molecular formula is C7H16NO3P. The summed E-state index contributed by atoms with van der Waals surface area (Å²) in [6.45, 7) is 3.04. The average Bonchev–Trinajstić information content (AvgIpc) is 2.36. The topological polar surface area (TPSA) is 60.8 Å². The Hall–Kier alpha value is 0.110. The van der Waals surface area contributed by atoms with Crippen LogP contribution in [0.2, 0.25) is 0 Å². The van der Waals surface area contributed by atoms with Gasteiger partial charge in [0.25, 0.3) is 0 Å². The highest BCUT2D eigenvalue weighted by Crippen LogP contribution is 2.34. The summed E-state index contributed by atoms with van der Waals surface area (Å²) < 4.78 is 10.5. The van der Waals surface area contributed by atoms with Crippen LogP contribution < -0.4 is 0 Å². The molecule has 1 heterocycles. The van der Waals surface area contributed by atoms with E-state index in [1.807, 2.05) is 0 Å². The minimum absolute atomic E-state index is 0.0312. The molecule has 1 aliphatic heterocycles. The predicted octanol–water partition coefficient (Wildman–Crippen LogP) is 0.650. The van der Waals surface area contributed by atoms with Crippen molar-refractivity contribution in [3.05, 3.63) is 0 Å². The zero-order valence-electron chi connectivity index (χ0n) is 7.15. The molecule has 0 aromatic rings. The van der Waals surface area contributed by atoms with Crippen LogP contribution in [0, 0.1) is 0 Å². The Balaban J connectivity index is 2.05. The van der Waals surface area contributed by atoms with Gasteiger partial charge in [-0.3, -0.25) is 4.57 Å². The van der Waals surface area contributed by atoms with Crippen LogP contribution in [0.3, 0.4) is 0 Å². The highest BCUT2D eigenvalue weighted by molar-refractivity contribution is 7.51. The molecular weight excluding hydrogens is 177 g/mol. The van der Waals surface area contributed by atoms with Gasteiger partial charge >= 0.3 is 7.60 Å². The van der Waals surface area contributed by atoms with E-state index >= 15 is 0 Å². The van der Waals surface area contributed by atoms with Gasteiger partial charge in [0.2, 0.25) is 0 Å². The summed E-state index contributed by atoms with van der Waals surface area (Å²) in [5.74, 6) is 0. The third kappa shape index (κ3) is 4.21. The molecule has 1 saturated heterocycles. The van der Waals surface area contributed by atoms with Crippen molar-refractivity contribution >= 4 is 7.60 Å². The van der Waals surface area contributed by atoms with Crippen molar-refractivity contribution in [2.75, 3.05) is 25.8 Å². The summed E-state index contributed by atoms with van der Waals surface area (Å²) in [5, 5.41) is 0. The fourth-order valence-electron chi connectivity index (χ4n) is 1.51. The predicted molar refractivity (Wildman–Crippen MR) is 47.2 cm³/mol. The van der Waals surface area contributed by atoms with E-state index in [1.165, 1.54) is 12.8 Å². The lowest BCUT2D eigenvalue weighted by molar-refractivity contribution is 0.329. The molecule has 1 aliphatic rings. The molecule has 0 unspecified atom stereocenters. The van der Waals surface area contributed by atoms with Crippen LogP contribution in [0.5, 0.6) is 0 Å². The molecule has 0 radical (unpaired) electrons. The first-order valence-electron chi connectivity index (χ1n) is 4.35. The van der Waals surface area contributed by atoms with Gasteiger partial charge in [-0.15, -0.1) is 0 Å². The fourth-order valence-corrected chi connectivity index (χ4v) is 2.06. The van der Waals surface area contributed by atoms with Crippen molar-refractivity contribution < 1.29 is 14.4 Å². The molecule has 4 nitrogen and oxygen atoms in total. The minimum atomic E-state index is -3.75. The average molecular weight is 193 g/mol. The summed E-state index contributed by atoms with van der Waals surface area (Å²) in [7, 11) is -3.75. The molecule has 0 aromatic heterocycles. The lowest BCUT2D eigenvalue weighted by atomic mass is 10.4. The molecule has 0 saturated carbocycles. The van der Waals surface area contributed by atoms with Crippen molar-refractivity contribution in [1.29, 1.82) is 0 Å². The van der Waals surface area contributed by atoms with Crippen LogP contribution in [0.1, 0.15) is 19.3 Å². The van der Waals surface area contributed by atoms with Gasteiger partial charge in [0.05, 0.1) is 6.16 Å². The number of hydrogen-bond acceptors (Lipinski definition) is 2. The summed E-state index contributed by atoms with van der Waals surface area (Å²) in [6, 6.07) is 0. The number of hydrogen-bond donors (Lipinski definition) is 2. The summed E-state index contributed by atoms with van der Waals surface area (Å²) in [6.07, 6.45) is 3.11. The number of rotatable bonds is 4. The van der Waals surface area contributed by atoms with E-state index in [4.69, 9.17) is 9.79 Å². The molecule has 5 heteroatoms. The normalized spacial score (nSPS) is 20.2. The zero-order valence-corrected chi connectivity index (χ0v) is 8.04. The van der Waals surface area contributed by atoms with Crippen molar-refractivity contribution in [3.63, 3.8) is 0 Å². The standard InChI is InChI=1S/C7H16NO3P/c9-12(10,11)7-3-6-8-4-1-2-5-8/h1-7H2,(H2,9,10,11). The lowest BCUT2D eigenvalue weighted by Gasteiger charge is -2.13. The molecule has 72 valence electrons. The molecule has 0 amide bonds. The molecule has 12 heavy (non-hydrogen) atoms. The van der Waals surface area contributed by atoms with E-state index in [2.05, 4.69) is 4.90 Å². The zero-order chi connectivity index (χ0) is 9.03. The van der Waals surface area contributed by atoms with Crippen molar-refractivity contribution in [2.24, 2.45) is 0 Å². The molecule has 0 bridgehead atoms. The SMILES string of the molecule is O=P(O)(O)CCCN1CCCC1. The Kier molecular flexibility index (Phi) is 3.72. The van der Waals surface area contributed by atoms with E-state index < -0.39 is 7.60 Å². The van der Waals surface area contributed by atoms with Crippen molar-refractivity contribution in [1.82, 2.24) is 4.90 Å². The molecule has 1 fully saturated rings. The molecule has 2 N–H and O–H groups in total. The second-order valence-electron chi connectivity index (χ2n) is 3.29. The first-order chi connectivity index (χ1) is 5.58. The summed E-state index contributed by atoms with van der Waals surface area (Å²) in [4.78, 5) is 19.4. The summed E-state index contributed by atoms with van der Waals surface area (Å²) in [5.41, 5.74) is 0. The van der Waals surface area contributed by atoms with Crippen LogP contribution in [-0.2, 0) is 4.57 Å². The Morgan fingerprint density at radius 1 is 1.25 bits per heavy atom. The maximum atomic E-state index is 10.5. The molecule has 0 spiro atoms. The monoisotopic (exact) mass is 193 g/mol. The van der Waals surface area contributed by atoms with E-state index in [1.54, 1.807) is 0 Å². The Morgan fingerprint density at radius 2 is 1.83 bits per heavy atom. The third-order valence-electron chi connectivity index (χ3n) is 2.12. The van der Waals surface area contributed by atoms with Gasteiger partial charge in [-0.1, -0.05) is 0 Å². The smallest absolute Gasteiger partial charge is 0.324 e. The number of likely N-dealkylation sites (tertiary alicyclic amines) is 1. The van der Waals surface area contributed by atoms with Gasteiger partial charge in [0.15, 0.2) is 0 Å². The number of nitrogens with zero attached hydrogens (tertiary/aromatic N) is 1. The van der Waals surface area contributed by atoms with E-state index in [0.717, 1.165) is 19.6 Å². The molecule has 0 atom stereocenters. The van der Waals surface area contributed by atoms with E-state index in [-0.39, 0.29) is 6.16 Å².